The number of aromatic nitrogens is 2. The molecule has 1 amide bonds. The number of carbonyl (C=O) groups is 1. The molecule has 0 unspecified atom stereocenters. The van der Waals surface area contributed by atoms with Crippen LogP contribution in [0.5, 0.6) is 11.5 Å². The minimum Gasteiger partial charge on any atom is -0.493 e. The number of para-hydroxylation sites is 1. The second-order valence-electron chi connectivity index (χ2n) is 8.27. The average molecular weight is 490 g/mol. The molecule has 7 heteroatoms. The van der Waals surface area contributed by atoms with Gasteiger partial charge in [-0.25, -0.2) is 4.68 Å². The van der Waals surface area contributed by atoms with Gasteiger partial charge in [0.1, 0.15) is 5.69 Å². The Kier molecular flexibility index (Phi) is 7.42. The Morgan fingerprint density at radius 3 is 2.43 bits per heavy atom. The smallest absolute Gasteiger partial charge is 0.270 e. The van der Waals surface area contributed by atoms with Gasteiger partial charge in [-0.2, -0.15) is 5.10 Å². The summed E-state index contributed by atoms with van der Waals surface area (Å²) in [4.78, 5) is 13.3. The van der Waals surface area contributed by atoms with Crippen molar-refractivity contribution in [3.63, 3.8) is 0 Å². The third-order valence-corrected chi connectivity index (χ3v) is 6.29. The topological polar surface area (TPSA) is 65.4 Å². The SMILES string of the molecule is COc1ccc(CCNC(=O)c2cc(-c3ccc(C)c(C)c3)nn2-c2ccccc2Cl)cc1OC. The zero-order valence-electron chi connectivity index (χ0n) is 20.3. The number of ether oxygens (including phenoxy) is 2. The lowest BCUT2D eigenvalue weighted by atomic mass is 10.0. The van der Waals surface area contributed by atoms with Gasteiger partial charge in [0, 0.05) is 12.1 Å². The molecule has 0 aliphatic heterocycles. The lowest BCUT2D eigenvalue weighted by molar-refractivity contribution is 0.0946. The maximum atomic E-state index is 13.3. The molecule has 180 valence electrons. The number of carbonyl (C=O) groups excluding carboxylic acids is 1. The van der Waals surface area contributed by atoms with Crippen LogP contribution in [0.1, 0.15) is 27.2 Å². The lowest BCUT2D eigenvalue weighted by Crippen LogP contribution is -2.28. The van der Waals surface area contributed by atoms with E-state index in [1.54, 1.807) is 31.0 Å². The van der Waals surface area contributed by atoms with E-state index < -0.39 is 0 Å². The van der Waals surface area contributed by atoms with Crippen LogP contribution < -0.4 is 14.8 Å². The standard InChI is InChI=1S/C28H28ClN3O3/c1-18-9-11-21(15-19(18)2)23-17-25(32(31-23)24-8-6-5-7-22(24)29)28(33)30-14-13-20-10-12-26(34-3)27(16-20)35-4/h5-12,15-17H,13-14H2,1-4H3,(H,30,33). The lowest BCUT2D eigenvalue weighted by Gasteiger charge is -2.11. The summed E-state index contributed by atoms with van der Waals surface area (Å²) in [5.41, 5.74) is 6.10. The van der Waals surface area contributed by atoms with E-state index in [0.29, 0.717) is 46.6 Å². The van der Waals surface area contributed by atoms with E-state index >= 15 is 0 Å². The molecule has 0 spiro atoms. The van der Waals surface area contributed by atoms with Gasteiger partial charge in [0.2, 0.25) is 0 Å². The monoisotopic (exact) mass is 489 g/mol. The zero-order valence-corrected chi connectivity index (χ0v) is 21.0. The van der Waals surface area contributed by atoms with Gasteiger partial charge in [-0.1, -0.05) is 41.9 Å². The number of nitrogens with one attached hydrogen (secondary N) is 1. The summed E-state index contributed by atoms with van der Waals surface area (Å²) in [5, 5.41) is 8.28. The molecule has 4 aromatic rings. The zero-order chi connectivity index (χ0) is 24.9. The average Bonchev–Trinajstić information content (AvgIpc) is 3.31. The van der Waals surface area contributed by atoms with Gasteiger partial charge in [-0.3, -0.25) is 4.79 Å². The molecule has 4 rings (SSSR count). The summed E-state index contributed by atoms with van der Waals surface area (Å²) in [6.07, 6.45) is 0.635. The first-order chi connectivity index (χ1) is 16.9. The van der Waals surface area contributed by atoms with Crippen LogP contribution in [0.25, 0.3) is 16.9 Å². The van der Waals surface area contributed by atoms with Gasteiger partial charge < -0.3 is 14.8 Å². The van der Waals surface area contributed by atoms with Crippen molar-refractivity contribution in [1.82, 2.24) is 15.1 Å². The molecule has 0 aliphatic rings. The maximum absolute atomic E-state index is 13.3. The number of methoxy groups -OCH3 is 2. The summed E-state index contributed by atoms with van der Waals surface area (Å²) >= 11 is 6.46. The maximum Gasteiger partial charge on any atom is 0.270 e. The van der Waals surface area contributed by atoms with E-state index in [2.05, 4.69) is 31.3 Å². The summed E-state index contributed by atoms with van der Waals surface area (Å²) in [5.74, 6) is 1.10. The van der Waals surface area contributed by atoms with Crippen LogP contribution in [-0.2, 0) is 6.42 Å². The molecule has 0 bridgehead atoms. The number of rotatable bonds is 8. The number of aryl methyl sites for hydroxylation is 2. The van der Waals surface area contributed by atoms with Crippen molar-refractivity contribution < 1.29 is 14.3 Å². The van der Waals surface area contributed by atoms with Crippen molar-refractivity contribution in [2.45, 2.75) is 20.3 Å². The second-order valence-corrected chi connectivity index (χ2v) is 8.68. The van der Waals surface area contributed by atoms with Crippen LogP contribution >= 0.6 is 11.6 Å². The van der Waals surface area contributed by atoms with Crippen molar-refractivity contribution >= 4 is 17.5 Å². The Hall–Kier alpha value is -3.77. The minimum atomic E-state index is -0.229. The van der Waals surface area contributed by atoms with E-state index in [4.69, 9.17) is 26.2 Å². The molecule has 1 aromatic heterocycles. The number of nitrogens with zero attached hydrogens (tertiary/aromatic N) is 2. The van der Waals surface area contributed by atoms with Crippen LogP contribution in [0.15, 0.2) is 66.7 Å². The highest BCUT2D eigenvalue weighted by molar-refractivity contribution is 6.32. The first-order valence-corrected chi connectivity index (χ1v) is 11.7. The number of amides is 1. The quantitative estimate of drug-likeness (QED) is 0.340. The van der Waals surface area contributed by atoms with Crippen molar-refractivity contribution in [3.8, 4) is 28.4 Å². The third-order valence-electron chi connectivity index (χ3n) is 5.97. The van der Waals surface area contributed by atoms with Crippen LogP contribution in [0.2, 0.25) is 5.02 Å². The highest BCUT2D eigenvalue weighted by Crippen LogP contribution is 2.28. The van der Waals surface area contributed by atoms with Gasteiger partial charge in [0.25, 0.3) is 5.91 Å². The minimum absolute atomic E-state index is 0.229. The predicted molar refractivity (Wildman–Crippen MR) is 139 cm³/mol. The summed E-state index contributed by atoms with van der Waals surface area (Å²) in [6.45, 7) is 4.57. The Morgan fingerprint density at radius 2 is 1.71 bits per heavy atom. The Morgan fingerprint density at radius 1 is 0.943 bits per heavy atom. The first-order valence-electron chi connectivity index (χ1n) is 11.3. The van der Waals surface area contributed by atoms with E-state index in [1.807, 2.05) is 42.5 Å². The molecule has 1 heterocycles. The molecule has 35 heavy (non-hydrogen) atoms. The summed E-state index contributed by atoms with van der Waals surface area (Å²) in [7, 11) is 3.21. The van der Waals surface area contributed by atoms with Crippen molar-refractivity contribution in [2.24, 2.45) is 0 Å². The summed E-state index contributed by atoms with van der Waals surface area (Å²) < 4.78 is 12.3. The Labute approximate surface area is 210 Å². The molecule has 0 saturated carbocycles. The third kappa shape index (κ3) is 5.33. The van der Waals surface area contributed by atoms with Gasteiger partial charge in [-0.05, 0) is 73.4 Å². The molecule has 3 aromatic carbocycles. The van der Waals surface area contributed by atoms with Crippen molar-refractivity contribution in [2.75, 3.05) is 20.8 Å². The molecule has 0 radical (unpaired) electrons. The fourth-order valence-electron chi connectivity index (χ4n) is 3.84. The van der Waals surface area contributed by atoms with Gasteiger partial charge in [-0.15, -0.1) is 0 Å². The molecule has 1 N–H and O–H groups in total. The number of hydrogen-bond acceptors (Lipinski definition) is 4. The van der Waals surface area contributed by atoms with Crippen LogP contribution in [0.3, 0.4) is 0 Å². The number of halogens is 1. The largest absolute Gasteiger partial charge is 0.493 e. The number of hydrogen-bond donors (Lipinski definition) is 1. The van der Waals surface area contributed by atoms with E-state index in [0.717, 1.165) is 16.7 Å². The molecule has 0 aliphatic carbocycles. The second kappa shape index (κ2) is 10.7. The van der Waals surface area contributed by atoms with E-state index in [9.17, 15) is 4.79 Å². The predicted octanol–water partition coefficient (Wildman–Crippen LogP) is 5.80. The highest BCUT2D eigenvalue weighted by atomic mass is 35.5. The Bertz CT molecular complexity index is 1360. The van der Waals surface area contributed by atoms with Crippen molar-refractivity contribution in [3.05, 3.63) is 94.1 Å². The van der Waals surface area contributed by atoms with Gasteiger partial charge >= 0.3 is 0 Å². The molecular weight excluding hydrogens is 462 g/mol. The van der Waals surface area contributed by atoms with Crippen LogP contribution in [-0.4, -0.2) is 36.5 Å². The molecular formula is C28H28ClN3O3. The van der Waals surface area contributed by atoms with Gasteiger partial charge in [0.15, 0.2) is 11.5 Å². The van der Waals surface area contributed by atoms with Crippen LogP contribution in [0, 0.1) is 13.8 Å². The fraction of sp³-hybridized carbons (Fsp3) is 0.214. The Balaban J connectivity index is 1.60. The number of benzene rings is 3. The highest BCUT2D eigenvalue weighted by Gasteiger charge is 2.19. The first kappa shape index (κ1) is 24.4. The normalized spacial score (nSPS) is 10.8. The molecule has 0 atom stereocenters. The molecule has 0 fully saturated rings. The van der Waals surface area contributed by atoms with E-state index in [1.165, 1.54) is 5.56 Å². The molecule has 6 nitrogen and oxygen atoms in total. The van der Waals surface area contributed by atoms with Crippen molar-refractivity contribution in [1.29, 1.82) is 0 Å². The summed E-state index contributed by atoms with van der Waals surface area (Å²) in [6, 6.07) is 21.0. The van der Waals surface area contributed by atoms with Gasteiger partial charge in [0.05, 0.1) is 30.6 Å². The molecule has 0 saturated heterocycles. The van der Waals surface area contributed by atoms with Crippen LogP contribution in [0.4, 0.5) is 0 Å². The van der Waals surface area contributed by atoms with E-state index in [-0.39, 0.29) is 5.91 Å². The fourth-order valence-corrected chi connectivity index (χ4v) is 4.05.